The van der Waals surface area contributed by atoms with Gasteiger partial charge in [-0.05, 0) is 43.5 Å². The summed E-state index contributed by atoms with van der Waals surface area (Å²) in [5, 5.41) is 2.90. The van der Waals surface area contributed by atoms with Gasteiger partial charge in [0.15, 0.2) is 0 Å². The number of nitrogens with zero attached hydrogens (tertiary/aromatic N) is 1. The lowest BCUT2D eigenvalue weighted by atomic mass is 10.1. The van der Waals surface area contributed by atoms with Crippen molar-refractivity contribution in [2.45, 2.75) is 52.7 Å². The maximum Gasteiger partial charge on any atom is 0.242 e. The molecule has 2 amide bonds. The fourth-order valence-corrected chi connectivity index (χ4v) is 2.77. The van der Waals surface area contributed by atoms with Crippen LogP contribution in [0.2, 0.25) is 0 Å². The van der Waals surface area contributed by atoms with Crippen molar-refractivity contribution in [2.24, 2.45) is 0 Å². The number of nitrogens with one attached hydrogen (secondary N) is 1. The Labute approximate surface area is 160 Å². The summed E-state index contributed by atoms with van der Waals surface area (Å²) in [6, 6.07) is 13.3. The van der Waals surface area contributed by atoms with Crippen LogP contribution in [0.1, 0.15) is 43.4 Å². The molecular weight excluding hydrogens is 343 g/mol. The minimum atomic E-state index is -0.612. The molecule has 5 heteroatoms. The van der Waals surface area contributed by atoms with Crippen molar-refractivity contribution >= 4 is 11.8 Å². The third-order valence-electron chi connectivity index (χ3n) is 4.48. The molecule has 1 atom stereocenters. The predicted molar refractivity (Wildman–Crippen MR) is 104 cm³/mol. The third kappa shape index (κ3) is 6.20. The molecule has 0 bridgehead atoms. The highest BCUT2D eigenvalue weighted by molar-refractivity contribution is 5.87. The van der Waals surface area contributed by atoms with Crippen LogP contribution in [0, 0.1) is 12.7 Å². The van der Waals surface area contributed by atoms with E-state index in [-0.39, 0.29) is 24.2 Å². The first-order valence-electron chi connectivity index (χ1n) is 9.28. The topological polar surface area (TPSA) is 49.4 Å². The highest BCUT2D eigenvalue weighted by Gasteiger charge is 2.25. The molecular formula is C22H27FN2O2. The SMILES string of the molecule is CCCC(=O)N(Cc1ccc(F)cc1)C(C)C(=O)NCc1ccc(C)cc1. The largest absolute Gasteiger partial charge is 0.350 e. The molecule has 0 radical (unpaired) electrons. The number of carbonyl (C=O) groups excluding carboxylic acids is 2. The monoisotopic (exact) mass is 370 g/mol. The average molecular weight is 370 g/mol. The van der Waals surface area contributed by atoms with E-state index in [9.17, 15) is 14.0 Å². The molecule has 0 aliphatic heterocycles. The Bertz CT molecular complexity index is 757. The van der Waals surface area contributed by atoms with E-state index in [1.807, 2.05) is 38.1 Å². The first kappa shape index (κ1) is 20.6. The van der Waals surface area contributed by atoms with Crippen LogP contribution in [0.15, 0.2) is 48.5 Å². The summed E-state index contributed by atoms with van der Waals surface area (Å²) in [7, 11) is 0. The molecule has 0 saturated heterocycles. The molecule has 0 aliphatic carbocycles. The molecule has 27 heavy (non-hydrogen) atoms. The molecule has 0 heterocycles. The summed E-state index contributed by atoms with van der Waals surface area (Å²) in [4.78, 5) is 26.7. The highest BCUT2D eigenvalue weighted by Crippen LogP contribution is 2.13. The van der Waals surface area contributed by atoms with E-state index in [0.29, 0.717) is 19.4 Å². The van der Waals surface area contributed by atoms with Gasteiger partial charge < -0.3 is 10.2 Å². The number of hydrogen-bond acceptors (Lipinski definition) is 2. The summed E-state index contributed by atoms with van der Waals surface area (Å²) in [5.74, 6) is -0.615. The first-order chi connectivity index (χ1) is 12.9. The fraction of sp³-hybridized carbons (Fsp3) is 0.364. The molecule has 144 valence electrons. The average Bonchev–Trinajstić information content (AvgIpc) is 2.66. The van der Waals surface area contributed by atoms with Crippen LogP contribution in [0.5, 0.6) is 0 Å². The molecule has 2 aromatic carbocycles. The van der Waals surface area contributed by atoms with E-state index in [2.05, 4.69) is 5.32 Å². The standard InChI is InChI=1S/C22H27FN2O2/c1-4-5-21(26)25(15-19-10-12-20(23)13-11-19)17(3)22(27)24-14-18-8-6-16(2)7-9-18/h6-13,17H,4-5,14-15H2,1-3H3,(H,24,27). The molecule has 2 rings (SSSR count). The number of rotatable bonds is 8. The van der Waals surface area contributed by atoms with Gasteiger partial charge in [0, 0.05) is 19.5 Å². The van der Waals surface area contributed by atoms with Gasteiger partial charge in [0.25, 0.3) is 0 Å². The summed E-state index contributed by atoms with van der Waals surface area (Å²) < 4.78 is 13.1. The number of hydrogen-bond donors (Lipinski definition) is 1. The van der Waals surface area contributed by atoms with Crippen LogP contribution in [-0.4, -0.2) is 22.8 Å². The zero-order valence-electron chi connectivity index (χ0n) is 16.2. The summed E-state index contributed by atoms with van der Waals surface area (Å²) in [5.41, 5.74) is 2.96. The lowest BCUT2D eigenvalue weighted by molar-refractivity contribution is -0.140. The Morgan fingerprint density at radius 2 is 1.63 bits per heavy atom. The molecule has 4 nitrogen and oxygen atoms in total. The van der Waals surface area contributed by atoms with Crippen LogP contribution in [0.4, 0.5) is 4.39 Å². The first-order valence-corrected chi connectivity index (χ1v) is 9.28. The van der Waals surface area contributed by atoms with Gasteiger partial charge in [0.05, 0.1) is 0 Å². The summed E-state index contributed by atoms with van der Waals surface area (Å²) in [6.07, 6.45) is 1.08. The Balaban J connectivity index is 2.05. The number of aryl methyl sites for hydroxylation is 1. The number of carbonyl (C=O) groups is 2. The Hall–Kier alpha value is -2.69. The molecule has 0 fully saturated rings. The lowest BCUT2D eigenvalue weighted by Crippen LogP contribution is -2.47. The van der Waals surface area contributed by atoms with Gasteiger partial charge in [-0.25, -0.2) is 4.39 Å². The number of benzene rings is 2. The maximum atomic E-state index is 13.1. The number of halogens is 1. The van der Waals surface area contributed by atoms with Crippen LogP contribution < -0.4 is 5.32 Å². The zero-order chi connectivity index (χ0) is 19.8. The second-order valence-corrected chi connectivity index (χ2v) is 6.78. The second kappa shape index (κ2) is 9.86. The van der Waals surface area contributed by atoms with Gasteiger partial charge >= 0.3 is 0 Å². The van der Waals surface area contributed by atoms with E-state index in [1.165, 1.54) is 12.1 Å². The van der Waals surface area contributed by atoms with Crippen LogP contribution in [0.25, 0.3) is 0 Å². The summed E-state index contributed by atoms with van der Waals surface area (Å²) in [6.45, 7) is 6.35. The van der Waals surface area contributed by atoms with E-state index in [4.69, 9.17) is 0 Å². The Kier molecular flexibility index (Phi) is 7.53. The quantitative estimate of drug-likeness (QED) is 0.764. The Morgan fingerprint density at radius 1 is 1.04 bits per heavy atom. The molecule has 0 spiro atoms. The van der Waals surface area contributed by atoms with Crippen molar-refractivity contribution in [3.63, 3.8) is 0 Å². The normalized spacial score (nSPS) is 11.7. The van der Waals surface area contributed by atoms with Crippen molar-refractivity contribution in [3.8, 4) is 0 Å². The minimum Gasteiger partial charge on any atom is -0.350 e. The minimum absolute atomic E-state index is 0.0835. The Morgan fingerprint density at radius 3 is 2.22 bits per heavy atom. The highest BCUT2D eigenvalue weighted by atomic mass is 19.1. The van der Waals surface area contributed by atoms with E-state index < -0.39 is 6.04 Å². The molecule has 0 saturated carbocycles. The number of amides is 2. The van der Waals surface area contributed by atoms with Crippen molar-refractivity contribution in [2.75, 3.05) is 0 Å². The molecule has 2 aromatic rings. The second-order valence-electron chi connectivity index (χ2n) is 6.78. The third-order valence-corrected chi connectivity index (χ3v) is 4.48. The molecule has 1 unspecified atom stereocenters. The van der Waals surface area contributed by atoms with Crippen LogP contribution in [-0.2, 0) is 22.7 Å². The molecule has 0 aliphatic rings. The van der Waals surface area contributed by atoms with Crippen molar-refractivity contribution < 1.29 is 14.0 Å². The van der Waals surface area contributed by atoms with Crippen LogP contribution in [0.3, 0.4) is 0 Å². The zero-order valence-corrected chi connectivity index (χ0v) is 16.2. The molecule has 1 N–H and O–H groups in total. The van der Waals surface area contributed by atoms with Crippen molar-refractivity contribution in [1.29, 1.82) is 0 Å². The smallest absolute Gasteiger partial charge is 0.242 e. The fourth-order valence-electron chi connectivity index (χ4n) is 2.77. The van der Waals surface area contributed by atoms with E-state index in [1.54, 1.807) is 24.0 Å². The van der Waals surface area contributed by atoms with Gasteiger partial charge in [0.2, 0.25) is 11.8 Å². The van der Waals surface area contributed by atoms with E-state index >= 15 is 0 Å². The van der Waals surface area contributed by atoms with E-state index in [0.717, 1.165) is 16.7 Å². The van der Waals surface area contributed by atoms with Gasteiger partial charge in [-0.1, -0.05) is 48.9 Å². The van der Waals surface area contributed by atoms with Gasteiger partial charge in [-0.15, -0.1) is 0 Å². The maximum absolute atomic E-state index is 13.1. The molecule has 0 aromatic heterocycles. The van der Waals surface area contributed by atoms with Crippen molar-refractivity contribution in [3.05, 3.63) is 71.0 Å². The van der Waals surface area contributed by atoms with Gasteiger partial charge in [-0.3, -0.25) is 9.59 Å². The van der Waals surface area contributed by atoms with Gasteiger partial charge in [0.1, 0.15) is 11.9 Å². The van der Waals surface area contributed by atoms with Crippen LogP contribution >= 0.6 is 0 Å². The predicted octanol–water partition coefficient (Wildman–Crippen LogP) is 3.97. The van der Waals surface area contributed by atoms with Gasteiger partial charge in [-0.2, -0.15) is 0 Å². The van der Waals surface area contributed by atoms with Crippen molar-refractivity contribution in [1.82, 2.24) is 10.2 Å². The lowest BCUT2D eigenvalue weighted by Gasteiger charge is -2.28. The summed E-state index contributed by atoms with van der Waals surface area (Å²) >= 11 is 0.